The van der Waals surface area contributed by atoms with Crippen molar-refractivity contribution in [3.8, 4) is 0 Å². The molecule has 1 aliphatic rings. The summed E-state index contributed by atoms with van der Waals surface area (Å²) in [7, 11) is 0. The van der Waals surface area contributed by atoms with E-state index < -0.39 is 0 Å². The zero-order chi connectivity index (χ0) is 14.7. The van der Waals surface area contributed by atoms with Gasteiger partial charge in [-0.2, -0.15) is 5.10 Å². The van der Waals surface area contributed by atoms with Crippen molar-refractivity contribution >= 4 is 0 Å². The third kappa shape index (κ3) is 2.88. The summed E-state index contributed by atoms with van der Waals surface area (Å²) in [5.41, 5.74) is 4.37. The molecule has 0 amide bonds. The van der Waals surface area contributed by atoms with Crippen molar-refractivity contribution in [2.75, 3.05) is 6.54 Å². The Morgan fingerprint density at radius 3 is 2.95 bits per heavy atom. The minimum Gasteiger partial charge on any atom is -0.309 e. The Morgan fingerprint density at radius 1 is 1.33 bits per heavy atom. The van der Waals surface area contributed by atoms with Crippen LogP contribution >= 0.6 is 0 Å². The predicted octanol–water partition coefficient (Wildman–Crippen LogP) is 3.67. The van der Waals surface area contributed by atoms with Crippen LogP contribution in [0.2, 0.25) is 0 Å². The highest BCUT2D eigenvalue weighted by Crippen LogP contribution is 2.41. The van der Waals surface area contributed by atoms with E-state index in [0.29, 0.717) is 12.0 Å². The van der Waals surface area contributed by atoms with Gasteiger partial charge in [-0.1, -0.05) is 31.2 Å². The van der Waals surface area contributed by atoms with Crippen molar-refractivity contribution in [2.45, 2.75) is 51.6 Å². The molecule has 21 heavy (non-hydrogen) atoms. The van der Waals surface area contributed by atoms with E-state index in [0.717, 1.165) is 19.5 Å². The van der Waals surface area contributed by atoms with E-state index in [1.165, 1.54) is 29.5 Å². The van der Waals surface area contributed by atoms with Gasteiger partial charge in [-0.25, -0.2) is 0 Å². The molecule has 0 saturated heterocycles. The summed E-state index contributed by atoms with van der Waals surface area (Å²) >= 11 is 0. The number of hydrogen-bond donors (Lipinski definition) is 1. The lowest BCUT2D eigenvalue weighted by atomic mass is 9.89. The molecule has 1 N–H and O–H groups in total. The molecule has 0 spiro atoms. The van der Waals surface area contributed by atoms with Gasteiger partial charge in [0, 0.05) is 30.3 Å². The fraction of sp³-hybridized carbons (Fsp3) is 0.500. The fourth-order valence-corrected chi connectivity index (χ4v) is 3.44. The largest absolute Gasteiger partial charge is 0.309 e. The van der Waals surface area contributed by atoms with Crippen molar-refractivity contribution in [1.82, 2.24) is 15.1 Å². The van der Waals surface area contributed by atoms with Gasteiger partial charge in [-0.05, 0) is 43.9 Å². The first kappa shape index (κ1) is 14.3. The standard InChI is InChI=1S/C18H25N3/c1-3-11-19-18(15-12-20-21(4-2)13-15)17-10-9-14-7-5-6-8-16(14)17/h5-8,12-13,17-19H,3-4,9-11H2,1-2H3. The minimum atomic E-state index is 0.383. The van der Waals surface area contributed by atoms with Crippen LogP contribution in [0.5, 0.6) is 0 Å². The predicted molar refractivity (Wildman–Crippen MR) is 86.4 cm³/mol. The first-order valence-corrected chi connectivity index (χ1v) is 8.17. The Balaban J connectivity index is 1.89. The Morgan fingerprint density at radius 2 is 2.19 bits per heavy atom. The molecule has 0 fully saturated rings. The zero-order valence-corrected chi connectivity index (χ0v) is 13.0. The number of hydrogen-bond acceptors (Lipinski definition) is 2. The molecule has 2 aromatic rings. The first-order chi connectivity index (χ1) is 10.3. The lowest BCUT2D eigenvalue weighted by Gasteiger charge is -2.25. The summed E-state index contributed by atoms with van der Waals surface area (Å²) in [4.78, 5) is 0. The summed E-state index contributed by atoms with van der Waals surface area (Å²) < 4.78 is 2.02. The van der Waals surface area contributed by atoms with Crippen molar-refractivity contribution in [1.29, 1.82) is 0 Å². The van der Waals surface area contributed by atoms with E-state index in [1.54, 1.807) is 0 Å². The van der Waals surface area contributed by atoms with Crippen LogP contribution in [0.3, 0.4) is 0 Å². The molecular weight excluding hydrogens is 258 g/mol. The SMILES string of the molecule is CCCNC(c1cnn(CC)c1)C1CCc2ccccc21. The Bertz CT molecular complexity index is 588. The van der Waals surface area contributed by atoms with E-state index in [2.05, 4.69) is 54.7 Å². The summed E-state index contributed by atoms with van der Waals surface area (Å²) in [6.07, 6.45) is 7.84. The molecular formula is C18H25N3. The van der Waals surface area contributed by atoms with Crippen LogP contribution in [0.25, 0.3) is 0 Å². The number of benzene rings is 1. The molecule has 1 aliphatic carbocycles. The summed E-state index contributed by atoms with van der Waals surface area (Å²) in [6, 6.07) is 9.29. The number of nitrogens with one attached hydrogen (secondary N) is 1. The normalized spacial score (nSPS) is 18.7. The second kappa shape index (κ2) is 6.44. The van der Waals surface area contributed by atoms with Crippen molar-refractivity contribution < 1.29 is 0 Å². The second-order valence-corrected chi connectivity index (χ2v) is 5.91. The number of nitrogens with zero attached hydrogens (tertiary/aromatic N) is 2. The van der Waals surface area contributed by atoms with E-state index in [1.807, 2.05) is 10.9 Å². The molecule has 0 saturated carbocycles. The summed E-state index contributed by atoms with van der Waals surface area (Å²) in [5.74, 6) is 0.572. The number of aromatic nitrogens is 2. The Labute approximate surface area is 127 Å². The van der Waals surface area contributed by atoms with Gasteiger partial charge in [0.05, 0.1) is 6.20 Å². The molecule has 2 unspecified atom stereocenters. The van der Waals surface area contributed by atoms with Gasteiger partial charge < -0.3 is 5.32 Å². The molecule has 1 aromatic carbocycles. The van der Waals surface area contributed by atoms with Crippen molar-refractivity contribution in [2.24, 2.45) is 0 Å². The third-order valence-corrected chi connectivity index (χ3v) is 4.53. The number of fused-ring (bicyclic) bond motifs is 1. The van der Waals surface area contributed by atoms with Crippen LogP contribution in [0.4, 0.5) is 0 Å². The van der Waals surface area contributed by atoms with Crippen LogP contribution < -0.4 is 5.32 Å². The van der Waals surface area contributed by atoms with Gasteiger partial charge in [0.25, 0.3) is 0 Å². The summed E-state index contributed by atoms with van der Waals surface area (Å²) in [6.45, 7) is 6.35. The number of rotatable bonds is 6. The highest BCUT2D eigenvalue weighted by molar-refractivity contribution is 5.37. The van der Waals surface area contributed by atoms with E-state index in [9.17, 15) is 0 Å². The molecule has 1 heterocycles. The molecule has 0 aliphatic heterocycles. The second-order valence-electron chi connectivity index (χ2n) is 5.91. The van der Waals surface area contributed by atoms with E-state index in [4.69, 9.17) is 0 Å². The molecule has 0 radical (unpaired) electrons. The maximum Gasteiger partial charge on any atom is 0.0537 e. The van der Waals surface area contributed by atoms with Gasteiger partial charge in [0.15, 0.2) is 0 Å². The van der Waals surface area contributed by atoms with Crippen molar-refractivity contribution in [3.63, 3.8) is 0 Å². The highest BCUT2D eigenvalue weighted by Gasteiger charge is 2.30. The van der Waals surface area contributed by atoms with E-state index in [-0.39, 0.29) is 0 Å². The highest BCUT2D eigenvalue weighted by atomic mass is 15.3. The smallest absolute Gasteiger partial charge is 0.0537 e. The molecule has 1 aromatic heterocycles. The Kier molecular flexibility index (Phi) is 4.39. The van der Waals surface area contributed by atoms with Gasteiger partial charge in [0.1, 0.15) is 0 Å². The van der Waals surface area contributed by atoms with Crippen LogP contribution in [0, 0.1) is 0 Å². The van der Waals surface area contributed by atoms with Crippen LogP contribution in [-0.2, 0) is 13.0 Å². The fourth-order valence-electron chi connectivity index (χ4n) is 3.44. The first-order valence-electron chi connectivity index (χ1n) is 8.17. The quantitative estimate of drug-likeness (QED) is 0.876. The maximum absolute atomic E-state index is 4.47. The van der Waals surface area contributed by atoms with Crippen LogP contribution in [0.1, 0.15) is 55.3 Å². The zero-order valence-electron chi connectivity index (χ0n) is 13.0. The maximum atomic E-state index is 4.47. The Hall–Kier alpha value is -1.61. The van der Waals surface area contributed by atoms with Crippen LogP contribution in [-0.4, -0.2) is 16.3 Å². The van der Waals surface area contributed by atoms with Crippen LogP contribution in [0.15, 0.2) is 36.7 Å². The molecule has 0 bridgehead atoms. The van der Waals surface area contributed by atoms with Gasteiger partial charge in [0.2, 0.25) is 0 Å². The molecule has 3 rings (SSSR count). The average Bonchev–Trinajstić information content (AvgIpc) is 3.15. The van der Waals surface area contributed by atoms with Gasteiger partial charge in [-0.15, -0.1) is 0 Å². The molecule has 3 heteroatoms. The lowest BCUT2D eigenvalue weighted by molar-refractivity contribution is 0.442. The minimum absolute atomic E-state index is 0.383. The molecule has 112 valence electrons. The lowest BCUT2D eigenvalue weighted by Crippen LogP contribution is -2.26. The molecule has 2 atom stereocenters. The average molecular weight is 283 g/mol. The molecule has 3 nitrogen and oxygen atoms in total. The van der Waals surface area contributed by atoms with Gasteiger partial charge in [-0.3, -0.25) is 4.68 Å². The van der Waals surface area contributed by atoms with E-state index >= 15 is 0 Å². The topological polar surface area (TPSA) is 29.9 Å². The van der Waals surface area contributed by atoms with Crippen molar-refractivity contribution in [3.05, 3.63) is 53.3 Å². The summed E-state index contributed by atoms with van der Waals surface area (Å²) in [5, 5.41) is 8.22. The third-order valence-electron chi connectivity index (χ3n) is 4.53. The number of aryl methyl sites for hydroxylation is 2. The van der Waals surface area contributed by atoms with Gasteiger partial charge >= 0.3 is 0 Å². The monoisotopic (exact) mass is 283 g/mol.